The summed E-state index contributed by atoms with van der Waals surface area (Å²) in [5, 5.41) is 0. The molecule has 0 saturated heterocycles. The Morgan fingerprint density at radius 2 is 1.90 bits per heavy atom. The Hall–Kier alpha value is -3.41. The Kier molecular flexibility index (Phi) is 6.67. The molecule has 154 valence electrons. The van der Waals surface area contributed by atoms with Crippen LogP contribution in [0.15, 0.2) is 54.9 Å². The van der Waals surface area contributed by atoms with Crippen LogP contribution in [0.3, 0.4) is 0 Å². The van der Waals surface area contributed by atoms with Gasteiger partial charge in [-0.25, -0.2) is 4.39 Å². The van der Waals surface area contributed by atoms with Crippen LogP contribution in [0.2, 0.25) is 0 Å². The molecule has 3 aromatic rings. The summed E-state index contributed by atoms with van der Waals surface area (Å²) in [6.07, 6.45) is 4.55. The average Bonchev–Trinajstić information content (AvgIpc) is 2.77. The number of benzene rings is 1. The summed E-state index contributed by atoms with van der Waals surface area (Å²) in [5.41, 5.74) is 3.87. The number of pyridine rings is 2. The van der Waals surface area contributed by atoms with E-state index in [4.69, 9.17) is 0 Å². The molecule has 0 radical (unpaired) electrons. The summed E-state index contributed by atoms with van der Waals surface area (Å²) in [5.74, 6) is -0.659. The zero-order valence-electron chi connectivity index (χ0n) is 17.4. The fourth-order valence-corrected chi connectivity index (χ4v) is 3.21. The molecule has 6 heteroatoms. The van der Waals surface area contributed by atoms with Crippen molar-refractivity contribution in [3.63, 3.8) is 0 Å². The molecule has 3 rings (SSSR count). The fraction of sp³-hybridized carbons (Fsp3) is 0.250. The number of halogens is 1. The predicted molar refractivity (Wildman–Crippen MR) is 115 cm³/mol. The lowest BCUT2D eigenvalue weighted by molar-refractivity contribution is -0.118. The second kappa shape index (κ2) is 9.39. The molecule has 1 amide bonds. The minimum atomic E-state index is -0.495. The minimum Gasteiger partial charge on any atom is -0.313 e. The highest BCUT2D eigenvalue weighted by atomic mass is 19.1. The number of hydrogen-bond donors (Lipinski definition) is 0. The number of nitrogens with zero attached hydrogens (tertiary/aromatic N) is 3. The van der Waals surface area contributed by atoms with Gasteiger partial charge in [-0.05, 0) is 49.2 Å². The first-order valence-electron chi connectivity index (χ1n) is 9.87. The van der Waals surface area contributed by atoms with Gasteiger partial charge in [-0.2, -0.15) is 0 Å². The van der Waals surface area contributed by atoms with Crippen LogP contribution < -0.4 is 4.90 Å². The normalized spacial score (nSPS) is 10.7. The first kappa shape index (κ1) is 21.3. The van der Waals surface area contributed by atoms with Gasteiger partial charge in [-0.1, -0.05) is 19.1 Å². The van der Waals surface area contributed by atoms with Crippen molar-refractivity contribution in [1.29, 1.82) is 0 Å². The molecule has 0 N–H and O–H groups in total. The van der Waals surface area contributed by atoms with Crippen LogP contribution in [0.5, 0.6) is 0 Å². The van der Waals surface area contributed by atoms with Gasteiger partial charge in [0.2, 0.25) is 5.91 Å². The van der Waals surface area contributed by atoms with Crippen LogP contribution in [0, 0.1) is 12.7 Å². The highest BCUT2D eigenvalue weighted by Crippen LogP contribution is 2.25. The van der Waals surface area contributed by atoms with E-state index in [1.165, 1.54) is 17.2 Å². The molecule has 1 aromatic carbocycles. The van der Waals surface area contributed by atoms with Crippen molar-refractivity contribution in [2.24, 2.45) is 0 Å². The van der Waals surface area contributed by atoms with Gasteiger partial charge in [-0.3, -0.25) is 19.6 Å². The van der Waals surface area contributed by atoms with E-state index in [1.807, 2.05) is 19.1 Å². The van der Waals surface area contributed by atoms with Crippen LogP contribution in [-0.2, 0) is 11.2 Å². The highest BCUT2D eigenvalue weighted by molar-refractivity contribution is 5.96. The Bertz CT molecular complexity index is 1060. The number of amides is 1. The summed E-state index contributed by atoms with van der Waals surface area (Å²) in [7, 11) is 1.55. The molecule has 0 atom stereocenters. The first-order chi connectivity index (χ1) is 14.4. The van der Waals surface area contributed by atoms with Gasteiger partial charge in [0.25, 0.3) is 0 Å². The summed E-state index contributed by atoms with van der Waals surface area (Å²) < 4.78 is 14.5. The third kappa shape index (κ3) is 4.76. The number of carbonyl (C=O) groups excluding carboxylic acids is 2. The van der Waals surface area contributed by atoms with Crippen LogP contribution in [0.4, 0.5) is 10.1 Å². The fourth-order valence-electron chi connectivity index (χ4n) is 3.21. The smallest absolute Gasteiger partial charge is 0.226 e. The molecule has 30 heavy (non-hydrogen) atoms. The molecule has 0 spiro atoms. The number of aromatic nitrogens is 2. The lowest BCUT2D eigenvalue weighted by Gasteiger charge is -2.17. The zero-order chi connectivity index (χ0) is 21.7. The second-order valence-electron chi connectivity index (χ2n) is 7.08. The first-order valence-corrected chi connectivity index (χ1v) is 9.87. The second-order valence-corrected chi connectivity index (χ2v) is 7.08. The lowest BCUT2D eigenvalue weighted by atomic mass is 10.0. The molecule has 0 unspecified atom stereocenters. The summed E-state index contributed by atoms with van der Waals surface area (Å²) in [6.45, 7) is 3.66. The minimum absolute atomic E-state index is 0.00136. The molecule has 5 nitrogen and oxygen atoms in total. The van der Waals surface area contributed by atoms with Gasteiger partial charge < -0.3 is 4.90 Å². The van der Waals surface area contributed by atoms with Gasteiger partial charge in [-0.15, -0.1) is 0 Å². The van der Waals surface area contributed by atoms with E-state index < -0.39 is 5.82 Å². The third-order valence-corrected chi connectivity index (χ3v) is 5.10. The zero-order valence-corrected chi connectivity index (χ0v) is 17.4. The highest BCUT2D eigenvalue weighted by Gasteiger charge is 2.15. The molecule has 0 aliphatic heterocycles. The summed E-state index contributed by atoms with van der Waals surface area (Å²) >= 11 is 0. The Labute approximate surface area is 175 Å². The van der Waals surface area contributed by atoms with E-state index in [9.17, 15) is 14.0 Å². The van der Waals surface area contributed by atoms with E-state index >= 15 is 0 Å². The Morgan fingerprint density at radius 3 is 2.53 bits per heavy atom. The van der Waals surface area contributed by atoms with Gasteiger partial charge in [0, 0.05) is 49.1 Å². The van der Waals surface area contributed by atoms with Crippen molar-refractivity contribution in [1.82, 2.24) is 9.97 Å². The maximum Gasteiger partial charge on any atom is 0.226 e. The molecule has 0 fully saturated rings. The molecule has 0 bridgehead atoms. The largest absolute Gasteiger partial charge is 0.313 e. The SMILES string of the molecule is CCC(=O)N(C)c1ccc(-c2ccc(C(=O)CCc3cccnc3C)cn2)cc1F. The quantitative estimate of drug-likeness (QED) is 0.531. The van der Waals surface area contributed by atoms with Crippen molar-refractivity contribution in [2.75, 3.05) is 11.9 Å². The van der Waals surface area contributed by atoms with E-state index in [-0.39, 0.29) is 17.4 Å². The number of rotatable bonds is 7. The number of carbonyl (C=O) groups is 2. The standard InChI is InChI=1S/C24H24FN3O2/c1-4-24(30)28(3)22-11-8-18(14-20(22)25)21-10-7-19(15-27-21)23(29)12-9-17-6-5-13-26-16(17)2/h5-8,10-11,13-15H,4,9,12H2,1-3H3. The van der Waals surface area contributed by atoms with E-state index in [1.54, 1.807) is 44.4 Å². The average molecular weight is 405 g/mol. The monoisotopic (exact) mass is 405 g/mol. The topological polar surface area (TPSA) is 63.2 Å². The van der Waals surface area contributed by atoms with Gasteiger partial charge in [0.1, 0.15) is 5.82 Å². The summed E-state index contributed by atoms with van der Waals surface area (Å²) in [6, 6.07) is 11.9. The van der Waals surface area contributed by atoms with Crippen molar-refractivity contribution in [3.8, 4) is 11.3 Å². The summed E-state index contributed by atoms with van der Waals surface area (Å²) in [4.78, 5) is 34.2. The van der Waals surface area contributed by atoms with Crippen LogP contribution >= 0.6 is 0 Å². The number of aryl methyl sites for hydroxylation is 2. The van der Waals surface area contributed by atoms with E-state index in [2.05, 4.69) is 9.97 Å². The van der Waals surface area contributed by atoms with Crippen molar-refractivity contribution >= 4 is 17.4 Å². The van der Waals surface area contributed by atoms with E-state index in [0.717, 1.165) is 11.3 Å². The Morgan fingerprint density at radius 1 is 1.10 bits per heavy atom. The molecular formula is C24H24FN3O2. The van der Waals surface area contributed by atoms with Crippen molar-refractivity contribution < 1.29 is 14.0 Å². The van der Waals surface area contributed by atoms with Crippen molar-refractivity contribution in [2.45, 2.75) is 33.1 Å². The lowest BCUT2D eigenvalue weighted by Crippen LogP contribution is -2.25. The molecule has 2 heterocycles. The predicted octanol–water partition coefficient (Wildman–Crippen LogP) is 4.78. The Balaban J connectivity index is 1.71. The molecule has 0 aliphatic carbocycles. The van der Waals surface area contributed by atoms with Crippen LogP contribution in [0.25, 0.3) is 11.3 Å². The molecule has 2 aromatic heterocycles. The number of hydrogen-bond acceptors (Lipinski definition) is 4. The van der Waals surface area contributed by atoms with Crippen LogP contribution in [-0.4, -0.2) is 28.7 Å². The number of ketones is 1. The molecule has 0 saturated carbocycles. The van der Waals surface area contributed by atoms with Crippen molar-refractivity contribution in [3.05, 3.63) is 77.5 Å². The van der Waals surface area contributed by atoms with Crippen LogP contribution in [0.1, 0.15) is 41.4 Å². The van der Waals surface area contributed by atoms with Gasteiger partial charge >= 0.3 is 0 Å². The third-order valence-electron chi connectivity index (χ3n) is 5.10. The number of Topliss-reactive ketones (excluding diaryl/α,β-unsaturated/α-hetero) is 1. The molecule has 0 aliphatic rings. The van der Waals surface area contributed by atoms with E-state index in [0.29, 0.717) is 36.1 Å². The van der Waals surface area contributed by atoms with Gasteiger partial charge in [0.15, 0.2) is 5.78 Å². The maximum absolute atomic E-state index is 14.5. The maximum atomic E-state index is 14.5. The molecular weight excluding hydrogens is 381 g/mol. The van der Waals surface area contributed by atoms with Gasteiger partial charge in [0.05, 0.1) is 11.4 Å². The number of anilines is 1.